The zero-order valence-electron chi connectivity index (χ0n) is 17.6. The average Bonchev–Trinajstić information content (AvgIpc) is 3.24. The predicted molar refractivity (Wildman–Crippen MR) is 127 cm³/mol. The van der Waals surface area contributed by atoms with Crippen molar-refractivity contribution < 1.29 is 5.11 Å². The molecule has 0 aliphatic carbocycles. The van der Waals surface area contributed by atoms with Gasteiger partial charge in [0.05, 0.1) is 0 Å². The van der Waals surface area contributed by atoms with Crippen molar-refractivity contribution in [2.45, 2.75) is 18.9 Å². The van der Waals surface area contributed by atoms with Crippen molar-refractivity contribution >= 4 is 21.9 Å². The molecule has 1 aliphatic rings. The normalized spacial score (nSPS) is 14.9. The number of pyridine rings is 2. The minimum absolute atomic E-state index is 0.00544. The second-order valence-electron chi connectivity index (χ2n) is 8.28. The van der Waals surface area contributed by atoms with Crippen molar-refractivity contribution in [2.75, 3.05) is 13.1 Å². The lowest BCUT2D eigenvalue weighted by atomic mass is 10.0. The number of aromatic hydroxyl groups is 1. The van der Waals surface area contributed by atoms with Crippen LogP contribution in [-0.4, -0.2) is 37.7 Å². The number of hydrogen-bond acceptors (Lipinski definition) is 5. The highest BCUT2D eigenvalue weighted by atomic mass is 16.3. The zero-order valence-corrected chi connectivity index (χ0v) is 17.6. The summed E-state index contributed by atoms with van der Waals surface area (Å²) in [5, 5.41) is 15.9. The van der Waals surface area contributed by atoms with Crippen LogP contribution in [0.5, 0.6) is 5.88 Å². The third-order valence-electron chi connectivity index (χ3n) is 6.32. The molecule has 4 heterocycles. The lowest BCUT2D eigenvalue weighted by Gasteiger charge is -2.26. The predicted octanol–water partition coefficient (Wildman–Crippen LogP) is 4.94. The number of imidazole rings is 1. The summed E-state index contributed by atoms with van der Waals surface area (Å²) >= 11 is 0. The van der Waals surface area contributed by atoms with Gasteiger partial charge < -0.3 is 15.0 Å². The quantitative estimate of drug-likeness (QED) is 0.431. The molecule has 0 radical (unpaired) electrons. The number of aromatic nitrogens is 4. The highest BCUT2D eigenvalue weighted by Gasteiger charge is 2.24. The number of rotatable bonds is 3. The number of benzene rings is 2. The minimum Gasteiger partial charge on any atom is -0.493 e. The van der Waals surface area contributed by atoms with Crippen molar-refractivity contribution in [1.82, 2.24) is 24.8 Å². The number of nitrogens with zero attached hydrogens (tertiary/aromatic N) is 4. The van der Waals surface area contributed by atoms with Crippen LogP contribution in [0, 0.1) is 0 Å². The third kappa shape index (κ3) is 3.20. The highest BCUT2D eigenvalue weighted by molar-refractivity contribution is 5.95. The summed E-state index contributed by atoms with van der Waals surface area (Å²) in [5.74, 6) is 0.819. The Hall–Kier alpha value is -3.77. The largest absolute Gasteiger partial charge is 0.493 e. The van der Waals surface area contributed by atoms with Crippen LogP contribution >= 0.6 is 0 Å². The molecule has 1 aliphatic heterocycles. The monoisotopic (exact) mass is 421 g/mol. The first kappa shape index (κ1) is 19.0. The Labute approximate surface area is 185 Å². The maximum absolute atomic E-state index is 10.0. The fraction of sp³-hybridized carbons (Fsp3) is 0.192. The van der Waals surface area contributed by atoms with Gasteiger partial charge in [-0.2, -0.15) is 0 Å². The average molecular weight is 422 g/mol. The van der Waals surface area contributed by atoms with E-state index >= 15 is 0 Å². The van der Waals surface area contributed by atoms with Gasteiger partial charge in [-0.3, -0.25) is 0 Å². The van der Waals surface area contributed by atoms with E-state index in [0.717, 1.165) is 59.6 Å². The lowest BCUT2D eigenvalue weighted by molar-refractivity contribution is 0.376. The second-order valence-corrected chi connectivity index (χ2v) is 8.28. The van der Waals surface area contributed by atoms with Crippen LogP contribution in [0.4, 0.5) is 0 Å². The molecule has 0 atom stereocenters. The minimum atomic E-state index is -0.00544. The number of hydrogen-bond donors (Lipinski definition) is 2. The van der Waals surface area contributed by atoms with E-state index in [0.29, 0.717) is 6.04 Å². The van der Waals surface area contributed by atoms with Crippen molar-refractivity contribution in [1.29, 1.82) is 0 Å². The molecule has 6 nitrogen and oxygen atoms in total. The molecule has 2 N–H and O–H groups in total. The maximum Gasteiger partial charge on any atom is 0.211 e. The van der Waals surface area contributed by atoms with E-state index in [-0.39, 0.29) is 5.88 Å². The molecule has 0 saturated carbocycles. The first-order chi connectivity index (χ1) is 15.8. The molecule has 5 aromatic rings. The lowest BCUT2D eigenvalue weighted by Crippen LogP contribution is -2.29. The third-order valence-corrected chi connectivity index (χ3v) is 6.32. The fourth-order valence-electron chi connectivity index (χ4n) is 4.75. The Balaban J connectivity index is 1.60. The summed E-state index contributed by atoms with van der Waals surface area (Å²) < 4.78 is 2.26. The summed E-state index contributed by atoms with van der Waals surface area (Å²) in [6, 6.07) is 20.8. The van der Waals surface area contributed by atoms with Crippen LogP contribution in [-0.2, 0) is 0 Å². The topological polar surface area (TPSA) is 75.9 Å². The molecule has 1 fully saturated rings. The Kier molecular flexibility index (Phi) is 4.58. The van der Waals surface area contributed by atoms with Crippen LogP contribution < -0.4 is 5.32 Å². The SMILES string of the molecule is Oc1cc(-c2nc3c(-c4ccc5ccccc5c4)ccnc3n2C2CCNCC2)ccn1. The second kappa shape index (κ2) is 7.73. The van der Waals surface area contributed by atoms with Gasteiger partial charge in [-0.25, -0.2) is 15.0 Å². The molecule has 0 amide bonds. The smallest absolute Gasteiger partial charge is 0.211 e. The van der Waals surface area contributed by atoms with E-state index in [1.54, 1.807) is 12.3 Å². The Morgan fingerprint density at radius 1 is 0.844 bits per heavy atom. The summed E-state index contributed by atoms with van der Waals surface area (Å²) in [5.41, 5.74) is 4.79. The number of piperidine rings is 1. The van der Waals surface area contributed by atoms with Gasteiger partial charge in [-0.05, 0) is 60.5 Å². The van der Waals surface area contributed by atoms with Gasteiger partial charge >= 0.3 is 0 Å². The summed E-state index contributed by atoms with van der Waals surface area (Å²) in [4.78, 5) is 13.8. The Morgan fingerprint density at radius 3 is 2.50 bits per heavy atom. The summed E-state index contributed by atoms with van der Waals surface area (Å²) in [6.07, 6.45) is 5.52. The van der Waals surface area contributed by atoms with Gasteiger partial charge in [0.15, 0.2) is 5.65 Å². The van der Waals surface area contributed by atoms with Crippen LogP contribution in [0.15, 0.2) is 73.1 Å². The highest BCUT2D eigenvalue weighted by Crippen LogP contribution is 2.36. The summed E-state index contributed by atoms with van der Waals surface area (Å²) in [6.45, 7) is 1.94. The van der Waals surface area contributed by atoms with Crippen LogP contribution in [0.25, 0.3) is 44.5 Å². The number of nitrogens with one attached hydrogen (secondary N) is 1. The van der Waals surface area contributed by atoms with E-state index in [9.17, 15) is 5.11 Å². The van der Waals surface area contributed by atoms with Gasteiger partial charge in [0.2, 0.25) is 5.88 Å². The molecular formula is C26H23N5O. The first-order valence-corrected chi connectivity index (χ1v) is 11.0. The molecule has 6 heteroatoms. The van der Waals surface area contributed by atoms with Gasteiger partial charge in [0.25, 0.3) is 0 Å². The molecule has 0 spiro atoms. The van der Waals surface area contributed by atoms with Crippen molar-refractivity contribution in [3.8, 4) is 28.4 Å². The summed E-state index contributed by atoms with van der Waals surface area (Å²) in [7, 11) is 0. The van der Waals surface area contributed by atoms with E-state index in [1.807, 2.05) is 18.3 Å². The molecule has 3 aromatic heterocycles. The molecular weight excluding hydrogens is 398 g/mol. The van der Waals surface area contributed by atoms with Crippen LogP contribution in [0.2, 0.25) is 0 Å². The fourth-order valence-corrected chi connectivity index (χ4v) is 4.75. The standard InChI is InChI=1S/C26H23N5O/c32-23-16-20(7-13-28-23)25-30-24-22(19-6-5-17-3-1-2-4-18(17)15-19)10-14-29-26(24)31(25)21-8-11-27-12-9-21/h1-7,10,13-16,21,27H,8-9,11-12H2,(H,28,32). The Morgan fingerprint density at radius 2 is 1.66 bits per heavy atom. The maximum atomic E-state index is 10.0. The van der Waals surface area contributed by atoms with Crippen LogP contribution in [0.1, 0.15) is 18.9 Å². The van der Waals surface area contributed by atoms with Gasteiger partial charge in [-0.1, -0.05) is 36.4 Å². The molecule has 6 rings (SSSR count). The van der Waals surface area contributed by atoms with Crippen molar-refractivity contribution in [3.63, 3.8) is 0 Å². The first-order valence-electron chi connectivity index (χ1n) is 11.0. The van der Waals surface area contributed by atoms with Gasteiger partial charge in [-0.15, -0.1) is 0 Å². The molecule has 158 valence electrons. The molecule has 0 unspecified atom stereocenters. The van der Waals surface area contributed by atoms with Gasteiger partial charge in [0, 0.05) is 35.6 Å². The van der Waals surface area contributed by atoms with E-state index in [2.05, 4.69) is 57.3 Å². The molecule has 1 saturated heterocycles. The molecule has 0 bridgehead atoms. The van der Waals surface area contributed by atoms with E-state index < -0.39 is 0 Å². The van der Waals surface area contributed by atoms with Crippen molar-refractivity contribution in [3.05, 3.63) is 73.1 Å². The number of fused-ring (bicyclic) bond motifs is 2. The van der Waals surface area contributed by atoms with Crippen molar-refractivity contribution in [2.24, 2.45) is 0 Å². The Bertz CT molecular complexity index is 1440. The van der Waals surface area contributed by atoms with E-state index in [1.165, 1.54) is 10.8 Å². The zero-order chi connectivity index (χ0) is 21.5. The van der Waals surface area contributed by atoms with Gasteiger partial charge in [0.1, 0.15) is 11.3 Å². The molecule has 2 aromatic carbocycles. The van der Waals surface area contributed by atoms with Crippen LogP contribution in [0.3, 0.4) is 0 Å². The van der Waals surface area contributed by atoms with E-state index in [4.69, 9.17) is 9.97 Å². The molecule has 32 heavy (non-hydrogen) atoms.